The summed E-state index contributed by atoms with van der Waals surface area (Å²) in [6, 6.07) is 11.3. The van der Waals surface area contributed by atoms with Gasteiger partial charge < -0.3 is 9.30 Å². The summed E-state index contributed by atoms with van der Waals surface area (Å²) < 4.78 is 48.2. The Morgan fingerprint density at radius 3 is 2.52 bits per heavy atom. The summed E-state index contributed by atoms with van der Waals surface area (Å²) in [5.41, 5.74) is 2.30. The van der Waals surface area contributed by atoms with Crippen molar-refractivity contribution in [2.75, 3.05) is 26.3 Å². The largest absolute Gasteiger partial charge is 0.379 e. The van der Waals surface area contributed by atoms with Gasteiger partial charge >= 0.3 is 0 Å². The number of nitrogens with zero attached hydrogens (tertiary/aromatic N) is 3. The van der Waals surface area contributed by atoms with Crippen molar-refractivity contribution in [3.63, 3.8) is 0 Å². The monoisotopic (exact) mass is 417 g/mol. The molecule has 3 aromatic rings. The van der Waals surface area contributed by atoms with Gasteiger partial charge in [0.2, 0.25) is 10.0 Å². The summed E-state index contributed by atoms with van der Waals surface area (Å²) in [4.78, 5) is 4.95. The van der Waals surface area contributed by atoms with Crippen molar-refractivity contribution in [2.45, 2.75) is 31.2 Å². The van der Waals surface area contributed by atoms with E-state index in [9.17, 15) is 12.8 Å². The molecule has 1 saturated heterocycles. The van der Waals surface area contributed by atoms with Crippen LogP contribution >= 0.6 is 0 Å². The molecule has 1 aliphatic heterocycles. The maximum atomic E-state index is 13.4. The second-order valence-electron chi connectivity index (χ2n) is 7.11. The topological polar surface area (TPSA) is 64.4 Å². The number of imidazole rings is 1. The fourth-order valence-corrected chi connectivity index (χ4v) is 5.00. The fraction of sp³-hybridized carbons (Fsp3) is 0.381. The predicted octanol–water partition coefficient (Wildman–Crippen LogP) is 3.66. The van der Waals surface area contributed by atoms with Crippen molar-refractivity contribution in [3.05, 3.63) is 48.3 Å². The van der Waals surface area contributed by atoms with Crippen molar-refractivity contribution >= 4 is 21.1 Å². The molecule has 1 aromatic heterocycles. The number of hydrogen-bond donors (Lipinski definition) is 0. The molecule has 29 heavy (non-hydrogen) atoms. The van der Waals surface area contributed by atoms with Gasteiger partial charge in [-0.1, -0.05) is 13.3 Å². The van der Waals surface area contributed by atoms with Crippen LogP contribution in [-0.2, 0) is 21.3 Å². The SMILES string of the molecule is CCCCn1c(-c2ccc(F)cc2)nc2cc(S(=O)(=O)N3CCOCC3)ccc21. The van der Waals surface area contributed by atoms with E-state index in [0.29, 0.717) is 31.8 Å². The average Bonchev–Trinajstić information content (AvgIpc) is 3.11. The van der Waals surface area contributed by atoms with Gasteiger partial charge in [-0.2, -0.15) is 4.31 Å². The summed E-state index contributed by atoms with van der Waals surface area (Å²) >= 11 is 0. The molecular formula is C21H24FN3O3S. The number of hydrogen-bond acceptors (Lipinski definition) is 4. The highest BCUT2D eigenvalue weighted by atomic mass is 32.2. The second kappa shape index (κ2) is 8.22. The molecule has 2 heterocycles. The van der Waals surface area contributed by atoms with Gasteiger partial charge in [0, 0.05) is 25.2 Å². The summed E-state index contributed by atoms with van der Waals surface area (Å²) in [5, 5.41) is 0. The minimum absolute atomic E-state index is 0.234. The lowest BCUT2D eigenvalue weighted by Gasteiger charge is -2.26. The number of rotatable bonds is 6. The van der Waals surface area contributed by atoms with Gasteiger partial charge in [0.05, 0.1) is 29.1 Å². The molecule has 0 bridgehead atoms. The molecule has 0 N–H and O–H groups in total. The first-order chi connectivity index (χ1) is 14.0. The van der Waals surface area contributed by atoms with Crippen LogP contribution in [0.25, 0.3) is 22.4 Å². The fourth-order valence-electron chi connectivity index (χ4n) is 3.57. The molecule has 0 radical (unpaired) electrons. The maximum absolute atomic E-state index is 13.4. The highest BCUT2D eigenvalue weighted by Gasteiger charge is 2.27. The van der Waals surface area contributed by atoms with Crippen LogP contribution in [0.1, 0.15) is 19.8 Å². The number of aryl methyl sites for hydroxylation is 1. The van der Waals surface area contributed by atoms with E-state index < -0.39 is 10.0 Å². The lowest BCUT2D eigenvalue weighted by molar-refractivity contribution is 0.0730. The lowest BCUT2D eigenvalue weighted by atomic mass is 10.2. The average molecular weight is 418 g/mol. The Labute approximate surface area is 170 Å². The number of benzene rings is 2. The zero-order chi connectivity index (χ0) is 20.4. The normalized spacial score (nSPS) is 15.8. The van der Waals surface area contributed by atoms with E-state index >= 15 is 0 Å². The highest BCUT2D eigenvalue weighted by Crippen LogP contribution is 2.28. The van der Waals surface area contributed by atoms with Crippen LogP contribution in [-0.4, -0.2) is 48.6 Å². The standard InChI is InChI=1S/C21H24FN3O3S/c1-2-3-10-25-20-9-8-18(29(26,27)24-11-13-28-14-12-24)15-19(20)23-21(25)16-4-6-17(22)7-5-16/h4-9,15H,2-3,10-14H2,1H3. The van der Waals surface area contributed by atoms with E-state index in [1.807, 2.05) is 6.07 Å². The van der Waals surface area contributed by atoms with Gasteiger partial charge in [-0.15, -0.1) is 0 Å². The van der Waals surface area contributed by atoms with Crippen LogP contribution in [0, 0.1) is 5.82 Å². The number of halogens is 1. The summed E-state index contributed by atoms with van der Waals surface area (Å²) in [6.07, 6.45) is 1.99. The Morgan fingerprint density at radius 2 is 1.83 bits per heavy atom. The van der Waals surface area contributed by atoms with Crippen LogP contribution < -0.4 is 0 Å². The van der Waals surface area contributed by atoms with Crippen LogP contribution in [0.5, 0.6) is 0 Å². The van der Waals surface area contributed by atoms with Gasteiger partial charge in [-0.25, -0.2) is 17.8 Å². The maximum Gasteiger partial charge on any atom is 0.243 e. The Kier molecular flexibility index (Phi) is 5.67. The van der Waals surface area contributed by atoms with E-state index in [2.05, 4.69) is 11.5 Å². The molecule has 2 aromatic carbocycles. The van der Waals surface area contributed by atoms with Crippen LogP contribution in [0.3, 0.4) is 0 Å². The summed E-state index contributed by atoms with van der Waals surface area (Å²) in [7, 11) is -3.59. The van der Waals surface area contributed by atoms with Crippen LogP contribution in [0.2, 0.25) is 0 Å². The first-order valence-corrected chi connectivity index (χ1v) is 11.3. The van der Waals surface area contributed by atoms with Crippen LogP contribution in [0.15, 0.2) is 47.4 Å². The molecule has 8 heteroatoms. The minimum Gasteiger partial charge on any atom is -0.379 e. The third-order valence-electron chi connectivity index (χ3n) is 5.17. The second-order valence-corrected chi connectivity index (χ2v) is 9.05. The Hall–Kier alpha value is -2.29. The van der Waals surface area contributed by atoms with E-state index in [-0.39, 0.29) is 10.7 Å². The zero-order valence-electron chi connectivity index (χ0n) is 16.3. The van der Waals surface area contributed by atoms with Crippen molar-refractivity contribution < 1.29 is 17.5 Å². The number of aromatic nitrogens is 2. The van der Waals surface area contributed by atoms with Crippen molar-refractivity contribution in [1.29, 1.82) is 0 Å². The number of ether oxygens (including phenoxy) is 1. The minimum atomic E-state index is -3.59. The molecule has 0 amide bonds. The Bertz CT molecular complexity index is 1100. The molecule has 1 fully saturated rings. The molecule has 6 nitrogen and oxygen atoms in total. The Balaban J connectivity index is 1.79. The number of unbranched alkanes of at least 4 members (excludes halogenated alkanes) is 1. The van der Waals surface area contributed by atoms with Crippen molar-refractivity contribution in [1.82, 2.24) is 13.9 Å². The van der Waals surface area contributed by atoms with Gasteiger partial charge in [0.15, 0.2) is 0 Å². The summed E-state index contributed by atoms with van der Waals surface area (Å²) in [5.74, 6) is 0.415. The van der Waals surface area contributed by atoms with Gasteiger partial charge in [-0.3, -0.25) is 0 Å². The van der Waals surface area contributed by atoms with Gasteiger partial charge in [0.1, 0.15) is 11.6 Å². The molecule has 0 aliphatic carbocycles. The van der Waals surface area contributed by atoms with Gasteiger partial charge in [-0.05, 0) is 48.9 Å². The highest BCUT2D eigenvalue weighted by molar-refractivity contribution is 7.89. The predicted molar refractivity (Wildman–Crippen MR) is 110 cm³/mol. The first kappa shape index (κ1) is 20.0. The zero-order valence-corrected chi connectivity index (χ0v) is 17.2. The van der Waals surface area contributed by atoms with E-state index in [4.69, 9.17) is 9.72 Å². The molecule has 4 rings (SSSR count). The third-order valence-corrected chi connectivity index (χ3v) is 7.06. The summed E-state index contributed by atoms with van der Waals surface area (Å²) in [6.45, 7) is 4.39. The molecule has 0 atom stereocenters. The van der Waals surface area contributed by atoms with E-state index in [1.54, 1.807) is 24.3 Å². The van der Waals surface area contributed by atoms with E-state index in [1.165, 1.54) is 16.4 Å². The molecule has 0 saturated carbocycles. The Morgan fingerprint density at radius 1 is 1.10 bits per heavy atom. The van der Waals surface area contributed by atoms with Crippen LogP contribution in [0.4, 0.5) is 4.39 Å². The molecule has 0 spiro atoms. The molecule has 154 valence electrons. The molecule has 1 aliphatic rings. The smallest absolute Gasteiger partial charge is 0.243 e. The first-order valence-electron chi connectivity index (χ1n) is 9.85. The molecule has 0 unspecified atom stereocenters. The quantitative estimate of drug-likeness (QED) is 0.614. The van der Waals surface area contributed by atoms with Crippen molar-refractivity contribution in [2.24, 2.45) is 0 Å². The third kappa shape index (κ3) is 3.92. The van der Waals surface area contributed by atoms with Gasteiger partial charge in [0.25, 0.3) is 0 Å². The molecular weight excluding hydrogens is 393 g/mol. The number of fused-ring (bicyclic) bond motifs is 1. The van der Waals surface area contributed by atoms with E-state index in [0.717, 1.165) is 36.3 Å². The lowest BCUT2D eigenvalue weighted by Crippen LogP contribution is -2.40. The number of morpholine rings is 1. The number of sulfonamides is 1. The van der Waals surface area contributed by atoms with Crippen molar-refractivity contribution in [3.8, 4) is 11.4 Å².